The van der Waals surface area contributed by atoms with Crippen LogP contribution in [0.15, 0.2) is 24.3 Å². The molecule has 0 N–H and O–H groups in total. The first kappa shape index (κ1) is 21.4. The summed E-state index contributed by atoms with van der Waals surface area (Å²) in [5.41, 5.74) is 0. The standard InChI is InChI=1S/C6H4F.C5H5.2CO.Fe/c7-6-4-2-1-3-5-6;1-2-4-5-3-1;2*1-2;/h2-5H;1-5H;;;/q-1;;;;+2. The molecule has 2 nitrogen and oxygen atoms in total. The zero-order valence-corrected chi connectivity index (χ0v) is 9.85. The molecule has 1 aromatic carbocycles. The number of hydrogen-bond acceptors (Lipinski definition) is 0. The molecule has 0 aliphatic heterocycles. The van der Waals surface area contributed by atoms with Gasteiger partial charge in [-0.2, -0.15) is 18.2 Å². The predicted octanol–water partition coefficient (Wildman–Crippen LogP) is 2.57. The van der Waals surface area contributed by atoms with Crippen LogP contribution in [0.3, 0.4) is 0 Å². The summed E-state index contributed by atoms with van der Waals surface area (Å²) in [4.78, 5) is 0. The molecule has 2 rings (SSSR count). The van der Waals surface area contributed by atoms with E-state index in [1.54, 1.807) is 0 Å². The summed E-state index contributed by atoms with van der Waals surface area (Å²) >= 11 is 0. The third kappa shape index (κ3) is 17.7. The first-order chi connectivity index (χ1) is 7.89. The molecule has 1 aromatic rings. The second-order valence-electron chi connectivity index (χ2n) is 2.18. The molecule has 17 heavy (non-hydrogen) atoms. The van der Waals surface area contributed by atoms with Crippen LogP contribution in [0.4, 0.5) is 4.39 Å². The van der Waals surface area contributed by atoms with Crippen LogP contribution in [-0.4, -0.2) is 0 Å². The first-order valence-electron chi connectivity index (χ1n) is 4.09. The minimum Gasteiger partial charge on any atom is -0.0312 e. The topological polar surface area (TPSA) is 39.8 Å². The van der Waals surface area contributed by atoms with E-state index >= 15 is 0 Å². The molecule has 0 amide bonds. The number of benzene rings is 1. The molecule has 87 valence electrons. The van der Waals surface area contributed by atoms with Gasteiger partial charge in [0.05, 0.1) is 0 Å². The van der Waals surface area contributed by atoms with Crippen molar-refractivity contribution >= 4 is 0 Å². The van der Waals surface area contributed by atoms with Crippen molar-refractivity contribution in [3.05, 3.63) is 81.6 Å². The van der Waals surface area contributed by atoms with E-state index in [9.17, 15) is 4.39 Å². The van der Waals surface area contributed by atoms with Gasteiger partial charge in [-0.1, -0.05) is 0 Å². The van der Waals surface area contributed by atoms with E-state index in [4.69, 9.17) is 9.30 Å². The number of hydrogen-bond donors (Lipinski definition) is 0. The van der Waals surface area contributed by atoms with Crippen LogP contribution in [0, 0.1) is 57.3 Å². The summed E-state index contributed by atoms with van der Waals surface area (Å²) in [7, 11) is 0. The van der Waals surface area contributed by atoms with Crippen LogP contribution < -0.4 is 0 Å². The molecule has 0 spiro atoms. The van der Waals surface area contributed by atoms with Gasteiger partial charge in [0.2, 0.25) is 0 Å². The summed E-state index contributed by atoms with van der Waals surface area (Å²) < 4.78 is 26.9. The molecule has 0 heterocycles. The summed E-state index contributed by atoms with van der Waals surface area (Å²) in [6.45, 7) is 9.00. The maximum Gasteiger partial charge on any atom is 2.00 e. The minimum absolute atomic E-state index is 0. The third-order valence-corrected chi connectivity index (χ3v) is 1.23. The molecule has 0 unspecified atom stereocenters. The van der Waals surface area contributed by atoms with E-state index in [2.05, 4.69) is 19.4 Å². The Kier molecular flexibility index (Phi) is 25.9. The van der Waals surface area contributed by atoms with Crippen molar-refractivity contribution in [1.29, 1.82) is 0 Å². The Morgan fingerprint density at radius 1 is 0.824 bits per heavy atom. The SMILES string of the molecule is Fc1cc[c-]cc1.[C-]#[O+].[C-]#[O+].[CH]1[CH][CH][CH][CH]1.[Fe+2]. The fraction of sp³-hybridized carbons (Fsp3) is 0. The van der Waals surface area contributed by atoms with Crippen molar-refractivity contribution in [1.82, 2.24) is 0 Å². The van der Waals surface area contributed by atoms with Crippen LogP contribution in [-0.2, 0) is 26.4 Å². The van der Waals surface area contributed by atoms with Crippen molar-refractivity contribution in [2.24, 2.45) is 0 Å². The summed E-state index contributed by atoms with van der Waals surface area (Å²) in [5.74, 6) is -0.209. The Morgan fingerprint density at radius 2 is 1.12 bits per heavy atom. The Balaban J connectivity index is -0.000000175. The van der Waals surface area contributed by atoms with Gasteiger partial charge in [0.25, 0.3) is 0 Å². The van der Waals surface area contributed by atoms with Gasteiger partial charge in [-0.25, -0.2) is 4.39 Å². The van der Waals surface area contributed by atoms with Crippen molar-refractivity contribution in [3.8, 4) is 0 Å². The Labute approximate surface area is 113 Å². The van der Waals surface area contributed by atoms with E-state index in [0.717, 1.165) is 0 Å². The van der Waals surface area contributed by atoms with E-state index in [1.165, 1.54) is 24.3 Å². The van der Waals surface area contributed by atoms with Crippen LogP contribution in [0.2, 0.25) is 0 Å². The van der Waals surface area contributed by atoms with E-state index in [-0.39, 0.29) is 22.9 Å². The monoisotopic (exact) mass is 272 g/mol. The van der Waals surface area contributed by atoms with Gasteiger partial charge in [0, 0.05) is 5.82 Å². The van der Waals surface area contributed by atoms with E-state index in [1.807, 2.05) is 32.1 Å². The maximum absolute atomic E-state index is 11.9. The van der Waals surface area contributed by atoms with Gasteiger partial charge in [0.1, 0.15) is 0 Å². The largest absolute Gasteiger partial charge is 2.00 e. The van der Waals surface area contributed by atoms with E-state index in [0.29, 0.717) is 0 Å². The van der Waals surface area contributed by atoms with Crippen molar-refractivity contribution in [3.63, 3.8) is 0 Å². The van der Waals surface area contributed by atoms with Crippen LogP contribution in [0.1, 0.15) is 0 Å². The molecule has 0 bridgehead atoms. The van der Waals surface area contributed by atoms with Gasteiger partial charge in [-0.15, -0.1) is 12.1 Å². The van der Waals surface area contributed by atoms with Crippen LogP contribution >= 0.6 is 0 Å². The van der Waals surface area contributed by atoms with Crippen LogP contribution in [0.25, 0.3) is 0 Å². The summed E-state index contributed by atoms with van der Waals surface area (Å²) in [5, 5.41) is 0. The zero-order chi connectivity index (χ0) is 12.6. The fourth-order valence-electron chi connectivity index (χ4n) is 0.687. The van der Waals surface area contributed by atoms with Crippen molar-refractivity contribution in [2.45, 2.75) is 0 Å². The van der Waals surface area contributed by atoms with E-state index < -0.39 is 0 Å². The molecule has 1 aliphatic carbocycles. The third-order valence-electron chi connectivity index (χ3n) is 1.23. The molecule has 0 saturated heterocycles. The molecule has 4 heteroatoms. The molecule has 0 atom stereocenters. The van der Waals surface area contributed by atoms with Crippen molar-refractivity contribution in [2.75, 3.05) is 0 Å². The second-order valence-corrected chi connectivity index (χ2v) is 2.18. The van der Waals surface area contributed by atoms with Crippen molar-refractivity contribution < 1.29 is 30.8 Å². The Hall–Kier alpha value is -0.851. The average molecular weight is 272 g/mol. The molecular weight excluding hydrogens is 263 g/mol. The van der Waals surface area contributed by atoms with Gasteiger partial charge in [0.15, 0.2) is 0 Å². The smallest absolute Gasteiger partial charge is 0.0312 e. The summed E-state index contributed by atoms with van der Waals surface area (Å²) in [6.07, 6.45) is 10.0. The molecule has 1 fully saturated rings. The van der Waals surface area contributed by atoms with Gasteiger partial charge in [-0.3, -0.25) is 0 Å². The molecule has 5 radical (unpaired) electrons. The minimum atomic E-state index is -0.209. The Bertz CT molecular complexity index is 255. The average Bonchev–Trinajstić information content (AvgIpc) is 2.94. The fourth-order valence-corrected chi connectivity index (χ4v) is 0.687. The molecule has 1 aliphatic rings. The number of rotatable bonds is 0. The van der Waals surface area contributed by atoms with Gasteiger partial charge < -0.3 is 0 Å². The van der Waals surface area contributed by atoms with Crippen LogP contribution in [0.5, 0.6) is 0 Å². The summed E-state index contributed by atoms with van der Waals surface area (Å²) in [6, 6.07) is 8.49. The molecular formula is C13H9FFeO2+. The maximum atomic E-state index is 11.9. The Morgan fingerprint density at radius 3 is 1.29 bits per heavy atom. The second kappa shape index (κ2) is 20.5. The zero-order valence-electron chi connectivity index (χ0n) is 8.74. The van der Waals surface area contributed by atoms with Gasteiger partial charge in [-0.05, 0) is 32.1 Å². The first-order valence-corrected chi connectivity index (χ1v) is 4.09. The molecule has 0 aromatic heterocycles. The number of halogens is 1. The normalized spacial score (nSPS) is 10.9. The predicted molar refractivity (Wildman–Crippen MR) is 54.6 cm³/mol. The quantitative estimate of drug-likeness (QED) is 0.395. The molecule has 1 saturated carbocycles. The van der Waals surface area contributed by atoms with Gasteiger partial charge >= 0.3 is 39.7 Å².